The van der Waals surface area contributed by atoms with Crippen LogP contribution in [-0.4, -0.2) is 26.3 Å². The third-order valence-electron chi connectivity index (χ3n) is 5.61. The Morgan fingerprint density at radius 2 is 2.13 bits per heavy atom. The third kappa shape index (κ3) is 4.69. The summed E-state index contributed by atoms with van der Waals surface area (Å²) in [5.41, 5.74) is 5.20. The number of benzene rings is 2. The summed E-state index contributed by atoms with van der Waals surface area (Å²) in [6.45, 7) is 9.45. The fourth-order valence-electron chi connectivity index (χ4n) is 4.05. The number of ether oxygens (including phenoxy) is 3. The highest BCUT2D eigenvalue weighted by Gasteiger charge is 2.28. The van der Waals surface area contributed by atoms with Gasteiger partial charge in [-0.3, -0.25) is 4.79 Å². The predicted octanol–water partition coefficient (Wildman–Crippen LogP) is 6.00. The summed E-state index contributed by atoms with van der Waals surface area (Å²) in [5.74, 6) is 1.07. The van der Waals surface area contributed by atoms with E-state index in [9.17, 15) is 4.79 Å². The standard InChI is InChI=1S/C26H32O4/c1-5-7-15-30-23-13-11-18(3)24(21(9-6-2)26(27)28-4)25(23)20-12-14-22-19(17-20)10-8-16-29-22/h6,11-14,17,21H,2,5,7-10,15-16H2,1,3-4H3. The molecule has 0 saturated carbocycles. The lowest BCUT2D eigenvalue weighted by atomic mass is 9.84. The van der Waals surface area contributed by atoms with E-state index in [4.69, 9.17) is 14.2 Å². The minimum absolute atomic E-state index is 0.258. The first-order valence-corrected chi connectivity index (χ1v) is 10.8. The Hall–Kier alpha value is -2.75. The molecule has 0 amide bonds. The maximum Gasteiger partial charge on any atom is 0.313 e. The molecule has 3 rings (SSSR count). The Morgan fingerprint density at radius 3 is 2.87 bits per heavy atom. The Bertz CT molecular complexity index is 900. The van der Waals surface area contributed by atoms with Crippen LogP contribution >= 0.6 is 0 Å². The molecule has 0 aromatic heterocycles. The molecule has 0 bridgehead atoms. The summed E-state index contributed by atoms with van der Waals surface area (Å²) >= 11 is 0. The molecule has 2 aromatic carbocycles. The number of fused-ring (bicyclic) bond motifs is 1. The number of hydrogen-bond donors (Lipinski definition) is 0. The van der Waals surface area contributed by atoms with Crippen molar-refractivity contribution >= 4 is 5.97 Å². The van der Waals surface area contributed by atoms with Crippen LogP contribution in [0.4, 0.5) is 0 Å². The number of carbonyl (C=O) groups is 1. The van der Waals surface area contributed by atoms with E-state index in [1.54, 1.807) is 6.08 Å². The van der Waals surface area contributed by atoms with Gasteiger partial charge in [-0.25, -0.2) is 0 Å². The first kappa shape index (κ1) is 21.9. The maximum absolute atomic E-state index is 12.7. The molecule has 4 heteroatoms. The summed E-state index contributed by atoms with van der Waals surface area (Å²) in [6, 6.07) is 10.3. The van der Waals surface area contributed by atoms with Gasteiger partial charge in [0.1, 0.15) is 11.5 Å². The molecular weight excluding hydrogens is 376 g/mol. The minimum atomic E-state index is -0.426. The van der Waals surface area contributed by atoms with Crippen molar-refractivity contribution in [3.05, 3.63) is 59.7 Å². The molecule has 0 fully saturated rings. The van der Waals surface area contributed by atoms with Crippen molar-refractivity contribution in [2.24, 2.45) is 0 Å². The lowest BCUT2D eigenvalue weighted by Crippen LogP contribution is -2.17. The zero-order valence-corrected chi connectivity index (χ0v) is 18.3. The number of allylic oxidation sites excluding steroid dienone is 1. The number of aryl methyl sites for hydroxylation is 2. The maximum atomic E-state index is 12.7. The first-order valence-electron chi connectivity index (χ1n) is 10.8. The van der Waals surface area contributed by atoms with Gasteiger partial charge in [-0.15, -0.1) is 6.58 Å². The van der Waals surface area contributed by atoms with Gasteiger partial charge in [0.15, 0.2) is 0 Å². The first-order chi connectivity index (χ1) is 14.6. The van der Waals surface area contributed by atoms with Gasteiger partial charge in [0, 0.05) is 5.56 Å². The summed E-state index contributed by atoms with van der Waals surface area (Å²) in [4.78, 5) is 12.7. The smallest absolute Gasteiger partial charge is 0.313 e. The van der Waals surface area contributed by atoms with Crippen molar-refractivity contribution in [3.8, 4) is 22.6 Å². The van der Waals surface area contributed by atoms with Crippen molar-refractivity contribution in [2.45, 2.75) is 51.9 Å². The number of carbonyl (C=O) groups excluding carboxylic acids is 1. The van der Waals surface area contributed by atoms with Gasteiger partial charge in [-0.2, -0.15) is 0 Å². The van der Waals surface area contributed by atoms with Crippen molar-refractivity contribution in [1.82, 2.24) is 0 Å². The highest BCUT2D eigenvalue weighted by atomic mass is 16.5. The number of hydrogen-bond acceptors (Lipinski definition) is 4. The van der Waals surface area contributed by atoms with Crippen LogP contribution < -0.4 is 9.47 Å². The Morgan fingerprint density at radius 1 is 1.30 bits per heavy atom. The molecule has 0 saturated heterocycles. The van der Waals surface area contributed by atoms with Gasteiger partial charge in [0.2, 0.25) is 0 Å². The summed E-state index contributed by atoms with van der Waals surface area (Å²) in [7, 11) is 1.44. The van der Waals surface area contributed by atoms with Crippen LogP contribution in [0.2, 0.25) is 0 Å². The fourth-order valence-corrected chi connectivity index (χ4v) is 4.05. The molecule has 0 aliphatic carbocycles. The van der Waals surface area contributed by atoms with E-state index in [1.807, 2.05) is 25.1 Å². The SMILES string of the molecule is C=CCC(C(=O)OC)c1c(C)ccc(OCCCC)c1-c1ccc2c(c1)CCCO2. The van der Waals surface area contributed by atoms with E-state index >= 15 is 0 Å². The molecule has 0 radical (unpaired) electrons. The molecule has 4 nitrogen and oxygen atoms in total. The topological polar surface area (TPSA) is 44.8 Å². The van der Waals surface area contributed by atoms with E-state index in [1.165, 1.54) is 12.7 Å². The quantitative estimate of drug-likeness (QED) is 0.290. The van der Waals surface area contributed by atoms with Gasteiger partial charge in [0.25, 0.3) is 0 Å². The highest BCUT2D eigenvalue weighted by Crippen LogP contribution is 2.42. The van der Waals surface area contributed by atoms with E-state index in [2.05, 4.69) is 25.6 Å². The number of rotatable bonds is 9. The normalized spacial score (nSPS) is 13.7. The number of methoxy groups -OCH3 is 1. The van der Waals surface area contributed by atoms with Crippen LogP contribution in [0.3, 0.4) is 0 Å². The molecule has 160 valence electrons. The lowest BCUT2D eigenvalue weighted by Gasteiger charge is -2.24. The van der Waals surface area contributed by atoms with Crippen LogP contribution in [0.1, 0.15) is 55.2 Å². The minimum Gasteiger partial charge on any atom is -0.493 e. The number of unbranched alkanes of at least 4 members (excludes halogenated alkanes) is 1. The van der Waals surface area contributed by atoms with E-state index in [0.29, 0.717) is 13.0 Å². The average Bonchev–Trinajstić information content (AvgIpc) is 2.77. The molecule has 1 aliphatic heterocycles. The Kier molecular flexibility index (Phi) is 7.56. The summed E-state index contributed by atoms with van der Waals surface area (Å²) < 4.78 is 17.2. The van der Waals surface area contributed by atoms with Gasteiger partial charge in [0.05, 0.1) is 26.2 Å². The molecule has 2 aromatic rings. The van der Waals surface area contributed by atoms with Crippen LogP contribution in [0, 0.1) is 6.92 Å². The van der Waals surface area contributed by atoms with Crippen LogP contribution in [0.15, 0.2) is 43.0 Å². The molecule has 0 spiro atoms. The van der Waals surface area contributed by atoms with Gasteiger partial charge in [-0.1, -0.05) is 31.6 Å². The lowest BCUT2D eigenvalue weighted by molar-refractivity contribution is -0.142. The molecule has 1 unspecified atom stereocenters. The van der Waals surface area contributed by atoms with Gasteiger partial charge >= 0.3 is 5.97 Å². The number of esters is 1. The zero-order chi connectivity index (χ0) is 21.5. The highest BCUT2D eigenvalue weighted by molar-refractivity contribution is 5.86. The fraction of sp³-hybridized carbons (Fsp3) is 0.423. The van der Waals surface area contributed by atoms with E-state index < -0.39 is 5.92 Å². The van der Waals surface area contributed by atoms with E-state index in [0.717, 1.165) is 66.0 Å². The Labute approximate surface area is 179 Å². The molecule has 0 N–H and O–H groups in total. The molecule has 1 atom stereocenters. The van der Waals surface area contributed by atoms with Crippen molar-refractivity contribution in [1.29, 1.82) is 0 Å². The van der Waals surface area contributed by atoms with Crippen molar-refractivity contribution in [3.63, 3.8) is 0 Å². The molecule has 1 aliphatic rings. The Balaban J connectivity index is 2.19. The molecular formula is C26H32O4. The largest absolute Gasteiger partial charge is 0.493 e. The zero-order valence-electron chi connectivity index (χ0n) is 18.3. The van der Waals surface area contributed by atoms with Gasteiger partial charge < -0.3 is 14.2 Å². The summed E-state index contributed by atoms with van der Waals surface area (Å²) in [6.07, 6.45) is 6.32. The molecule has 30 heavy (non-hydrogen) atoms. The van der Waals surface area contributed by atoms with Crippen LogP contribution in [-0.2, 0) is 16.0 Å². The predicted molar refractivity (Wildman–Crippen MR) is 120 cm³/mol. The van der Waals surface area contributed by atoms with E-state index in [-0.39, 0.29) is 5.97 Å². The van der Waals surface area contributed by atoms with Crippen molar-refractivity contribution < 1.29 is 19.0 Å². The monoisotopic (exact) mass is 408 g/mol. The molecule has 1 heterocycles. The average molecular weight is 409 g/mol. The summed E-state index contributed by atoms with van der Waals surface area (Å²) in [5, 5.41) is 0. The second kappa shape index (κ2) is 10.3. The van der Waals surface area contributed by atoms with Crippen LogP contribution in [0.25, 0.3) is 11.1 Å². The third-order valence-corrected chi connectivity index (χ3v) is 5.61. The second-order valence-corrected chi connectivity index (χ2v) is 7.75. The van der Waals surface area contributed by atoms with Crippen molar-refractivity contribution in [2.75, 3.05) is 20.3 Å². The van der Waals surface area contributed by atoms with Crippen LogP contribution in [0.5, 0.6) is 11.5 Å². The second-order valence-electron chi connectivity index (χ2n) is 7.75. The van der Waals surface area contributed by atoms with Gasteiger partial charge in [-0.05, 0) is 73.1 Å².